The average Bonchev–Trinajstić information content (AvgIpc) is 2.73. The molecule has 3 aromatic heterocycles. The van der Waals surface area contributed by atoms with Crippen molar-refractivity contribution in [1.82, 2.24) is 24.9 Å². The van der Waals surface area contributed by atoms with E-state index in [0.29, 0.717) is 5.56 Å². The molecule has 8 nitrogen and oxygen atoms in total. The van der Waals surface area contributed by atoms with Crippen molar-refractivity contribution >= 4 is 17.1 Å². The molecular formula is C10H8N6O2. The Morgan fingerprint density at radius 2 is 2.00 bits per heavy atom. The van der Waals surface area contributed by atoms with Crippen molar-refractivity contribution < 1.29 is 0 Å². The summed E-state index contributed by atoms with van der Waals surface area (Å²) in [7, 11) is 0. The summed E-state index contributed by atoms with van der Waals surface area (Å²) in [6.45, 7) is 0. The molecule has 3 aromatic rings. The van der Waals surface area contributed by atoms with Crippen LogP contribution in [0.3, 0.4) is 0 Å². The van der Waals surface area contributed by atoms with Gasteiger partial charge in [-0.25, -0.2) is 4.98 Å². The number of fused-ring (bicyclic) bond motifs is 1. The number of pyridine rings is 1. The summed E-state index contributed by atoms with van der Waals surface area (Å²) < 4.78 is 0. The number of hydrogen-bond acceptors (Lipinski definition) is 5. The summed E-state index contributed by atoms with van der Waals surface area (Å²) in [5, 5.41) is 0. The van der Waals surface area contributed by atoms with E-state index in [1.54, 1.807) is 0 Å². The molecule has 0 bridgehead atoms. The summed E-state index contributed by atoms with van der Waals surface area (Å²) >= 11 is 0. The zero-order valence-corrected chi connectivity index (χ0v) is 9.02. The Hall–Kier alpha value is -2.90. The monoisotopic (exact) mass is 244 g/mol. The van der Waals surface area contributed by atoms with Gasteiger partial charge in [0.15, 0.2) is 16.6 Å². The predicted molar refractivity (Wildman–Crippen MR) is 65.0 cm³/mol. The molecule has 0 spiro atoms. The van der Waals surface area contributed by atoms with Crippen LogP contribution in [0, 0.1) is 0 Å². The fourth-order valence-electron chi connectivity index (χ4n) is 1.65. The highest BCUT2D eigenvalue weighted by atomic mass is 16.1. The van der Waals surface area contributed by atoms with Gasteiger partial charge in [-0.15, -0.1) is 0 Å². The number of nitrogens with one attached hydrogen (secondary N) is 3. The number of nitrogens with two attached hydrogens (primary N) is 1. The van der Waals surface area contributed by atoms with Crippen LogP contribution < -0.4 is 16.7 Å². The number of imidazole rings is 1. The lowest BCUT2D eigenvalue weighted by molar-refractivity contribution is 1.17. The molecule has 0 unspecified atom stereocenters. The molecule has 3 rings (SSSR count). The first-order valence-corrected chi connectivity index (χ1v) is 5.08. The molecule has 90 valence electrons. The largest absolute Gasteiger partial charge is 0.369 e. The molecule has 8 heteroatoms. The molecule has 0 aliphatic rings. The molecule has 18 heavy (non-hydrogen) atoms. The number of anilines is 1. The van der Waals surface area contributed by atoms with Gasteiger partial charge >= 0.3 is 0 Å². The van der Waals surface area contributed by atoms with Crippen molar-refractivity contribution in [2.45, 2.75) is 0 Å². The Bertz CT molecular complexity index is 843. The highest BCUT2D eigenvalue weighted by Gasteiger charge is 2.11. The zero-order chi connectivity index (χ0) is 12.7. The molecule has 0 saturated heterocycles. The van der Waals surface area contributed by atoms with Crippen LogP contribution in [0.4, 0.5) is 5.95 Å². The number of aromatic amines is 3. The van der Waals surface area contributed by atoms with Crippen LogP contribution in [0.25, 0.3) is 22.6 Å². The van der Waals surface area contributed by atoms with Crippen LogP contribution in [-0.2, 0) is 0 Å². The molecular weight excluding hydrogens is 236 g/mol. The Morgan fingerprint density at radius 1 is 1.17 bits per heavy atom. The Balaban J connectivity index is 2.33. The highest BCUT2D eigenvalue weighted by Crippen LogP contribution is 2.13. The van der Waals surface area contributed by atoms with Crippen LogP contribution in [0.2, 0.25) is 0 Å². The third-order valence-electron chi connectivity index (χ3n) is 2.46. The standard InChI is InChI=1S/C10H8N6O2/c11-10-15-8-6(9(18)16-10)13-7(14-8)4-3-12-2-1-5(4)17/h1-3H,(H,12,17)(H4,11,13,14,15,16,18). The fraction of sp³-hybridized carbons (Fsp3) is 0. The number of nitrogens with zero attached hydrogens (tertiary/aromatic N) is 2. The van der Waals surface area contributed by atoms with E-state index >= 15 is 0 Å². The van der Waals surface area contributed by atoms with Crippen molar-refractivity contribution in [2.75, 3.05) is 5.73 Å². The van der Waals surface area contributed by atoms with Gasteiger partial charge in [-0.1, -0.05) is 0 Å². The second-order valence-electron chi connectivity index (χ2n) is 3.66. The maximum atomic E-state index is 11.6. The Morgan fingerprint density at radius 3 is 2.78 bits per heavy atom. The maximum Gasteiger partial charge on any atom is 0.278 e. The summed E-state index contributed by atoms with van der Waals surface area (Å²) in [4.78, 5) is 39.1. The van der Waals surface area contributed by atoms with E-state index in [1.807, 2.05) is 0 Å². The third-order valence-corrected chi connectivity index (χ3v) is 2.46. The first-order chi connectivity index (χ1) is 8.65. The van der Waals surface area contributed by atoms with E-state index in [2.05, 4.69) is 24.9 Å². The van der Waals surface area contributed by atoms with Gasteiger partial charge in [0, 0.05) is 18.5 Å². The quantitative estimate of drug-likeness (QED) is 0.461. The average molecular weight is 244 g/mol. The number of hydrogen-bond donors (Lipinski definition) is 4. The Labute approximate surface area is 98.9 Å². The third kappa shape index (κ3) is 1.47. The molecule has 0 amide bonds. The van der Waals surface area contributed by atoms with Crippen molar-refractivity contribution in [2.24, 2.45) is 0 Å². The van der Waals surface area contributed by atoms with Gasteiger partial charge in [-0.2, -0.15) is 4.98 Å². The summed E-state index contributed by atoms with van der Waals surface area (Å²) in [6.07, 6.45) is 3.01. The van der Waals surface area contributed by atoms with Gasteiger partial charge < -0.3 is 15.7 Å². The van der Waals surface area contributed by atoms with Gasteiger partial charge in [-0.3, -0.25) is 14.6 Å². The van der Waals surface area contributed by atoms with E-state index in [-0.39, 0.29) is 28.4 Å². The first-order valence-electron chi connectivity index (χ1n) is 5.08. The van der Waals surface area contributed by atoms with Crippen LogP contribution in [-0.4, -0.2) is 24.9 Å². The summed E-state index contributed by atoms with van der Waals surface area (Å²) in [5.74, 6) is 0.253. The molecule has 0 atom stereocenters. The van der Waals surface area contributed by atoms with Crippen LogP contribution in [0.5, 0.6) is 0 Å². The normalized spacial score (nSPS) is 10.9. The molecule has 0 saturated carbocycles. The highest BCUT2D eigenvalue weighted by molar-refractivity contribution is 5.75. The van der Waals surface area contributed by atoms with E-state index in [9.17, 15) is 9.59 Å². The van der Waals surface area contributed by atoms with E-state index < -0.39 is 5.56 Å². The lowest BCUT2D eigenvalue weighted by Crippen LogP contribution is -2.10. The smallest absolute Gasteiger partial charge is 0.278 e. The molecule has 0 aliphatic heterocycles. The van der Waals surface area contributed by atoms with Gasteiger partial charge in [0.2, 0.25) is 5.95 Å². The maximum absolute atomic E-state index is 11.6. The molecule has 0 aliphatic carbocycles. The first kappa shape index (κ1) is 10.3. The van der Waals surface area contributed by atoms with Gasteiger partial charge in [0.1, 0.15) is 5.82 Å². The molecule has 0 radical (unpaired) electrons. The molecule has 5 N–H and O–H groups in total. The van der Waals surface area contributed by atoms with Crippen LogP contribution in [0.15, 0.2) is 28.0 Å². The minimum absolute atomic E-state index is 0.0208. The second-order valence-corrected chi connectivity index (χ2v) is 3.66. The van der Waals surface area contributed by atoms with E-state index in [1.165, 1.54) is 18.5 Å². The second kappa shape index (κ2) is 3.55. The van der Waals surface area contributed by atoms with Gasteiger partial charge in [0.25, 0.3) is 5.56 Å². The lowest BCUT2D eigenvalue weighted by Gasteiger charge is -1.92. The topological polar surface area (TPSA) is 133 Å². The van der Waals surface area contributed by atoms with Crippen molar-refractivity contribution in [3.63, 3.8) is 0 Å². The van der Waals surface area contributed by atoms with E-state index in [4.69, 9.17) is 5.73 Å². The van der Waals surface area contributed by atoms with Crippen molar-refractivity contribution in [3.8, 4) is 11.4 Å². The lowest BCUT2D eigenvalue weighted by atomic mass is 10.3. The van der Waals surface area contributed by atoms with Crippen molar-refractivity contribution in [3.05, 3.63) is 39.0 Å². The summed E-state index contributed by atoms with van der Waals surface area (Å²) in [5.41, 5.74) is 5.46. The van der Waals surface area contributed by atoms with Crippen LogP contribution >= 0.6 is 0 Å². The number of aromatic nitrogens is 5. The zero-order valence-electron chi connectivity index (χ0n) is 9.02. The Kier molecular flexibility index (Phi) is 2.03. The SMILES string of the molecule is Nc1nc2nc(-c3c[nH]ccc3=O)[nH]c2c(=O)[nH]1. The molecule has 0 aromatic carbocycles. The molecule has 0 fully saturated rings. The molecule has 3 heterocycles. The number of H-pyrrole nitrogens is 3. The van der Waals surface area contributed by atoms with Gasteiger partial charge in [-0.05, 0) is 0 Å². The number of nitrogen functional groups attached to an aromatic ring is 1. The van der Waals surface area contributed by atoms with Gasteiger partial charge in [0.05, 0.1) is 5.56 Å². The minimum atomic E-state index is -0.427. The summed E-state index contributed by atoms with van der Waals surface area (Å²) in [6, 6.07) is 1.37. The van der Waals surface area contributed by atoms with Crippen LogP contribution in [0.1, 0.15) is 0 Å². The predicted octanol–water partition coefficient (Wildman–Crippen LogP) is -0.416. The fourth-order valence-corrected chi connectivity index (χ4v) is 1.65. The minimum Gasteiger partial charge on any atom is -0.369 e. The van der Waals surface area contributed by atoms with Crippen molar-refractivity contribution in [1.29, 1.82) is 0 Å². The van der Waals surface area contributed by atoms with E-state index in [0.717, 1.165) is 0 Å². The number of rotatable bonds is 1.